The van der Waals surface area contributed by atoms with Crippen LogP contribution in [-0.2, 0) is 0 Å². The first-order valence-corrected chi connectivity index (χ1v) is 7.10. The molecule has 0 atom stereocenters. The smallest absolute Gasteiger partial charge is 0.224 e. The molecule has 3 heterocycles. The average Bonchev–Trinajstić information content (AvgIpc) is 2.51. The van der Waals surface area contributed by atoms with Gasteiger partial charge in [0.1, 0.15) is 5.69 Å². The Morgan fingerprint density at radius 3 is 1.75 bits per heavy atom. The summed E-state index contributed by atoms with van der Waals surface area (Å²) in [5.41, 5.74) is 12.8. The topological polar surface area (TPSA) is 108 Å². The number of nitrogens with one attached hydrogen (secondary N) is 2. The molecule has 2 saturated heterocycles. The second-order valence-corrected chi connectivity index (χ2v) is 5.19. The Hall–Kier alpha value is -1.80. The lowest BCUT2D eigenvalue weighted by Gasteiger charge is -2.33. The van der Waals surface area contributed by atoms with Crippen LogP contribution in [0, 0.1) is 0 Å². The van der Waals surface area contributed by atoms with Gasteiger partial charge >= 0.3 is 0 Å². The third-order valence-electron chi connectivity index (χ3n) is 3.69. The summed E-state index contributed by atoms with van der Waals surface area (Å²) in [6, 6.07) is 0. The van der Waals surface area contributed by atoms with Crippen LogP contribution in [0.4, 0.5) is 23.3 Å². The fraction of sp³-hybridized carbons (Fsp3) is 0.667. The molecule has 2 fully saturated rings. The summed E-state index contributed by atoms with van der Waals surface area (Å²) >= 11 is 0. The molecular weight excluding hydrogens is 256 g/mol. The standard InChI is InChI=1S/C12H22N8/c13-9-10(19-5-1-3-15-7-19)17-12(14)18-11(9)20-6-2-4-16-8-20/h15-16H,1-8,13H2,(H2,14,17,18). The average molecular weight is 278 g/mol. The van der Waals surface area contributed by atoms with Gasteiger partial charge in [0.05, 0.1) is 13.3 Å². The maximum absolute atomic E-state index is 6.29. The van der Waals surface area contributed by atoms with E-state index in [1.54, 1.807) is 0 Å². The van der Waals surface area contributed by atoms with Crippen LogP contribution >= 0.6 is 0 Å². The Balaban J connectivity index is 1.91. The third-order valence-corrected chi connectivity index (χ3v) is 3.69. The summed E-state index contributed by atoms with van der Waals surface area (Å²) in [6.45, 7) is 5.42. The van der Waals surface area contributed by atoms with Gasteiger partial charge in [-0.25, -0.2) is 0 Å². The van der Waals surface area contributed by atoms with E-state index in [9.17, 15) is 0 Å². The number of nitrogens with two attached hydrogens (primary N) is 2. The summed E-state index contributed by atoms with van der Waals surface area (Å²) in [5, 5.41) is 6.64. The van der Waals surface area contributed by atoms with Gasteiger partial charge in [0.25, 0.3) is 0 Å². The first kappa shape index (κ1) is 13.2. The number of nitrogens with zero attached hydrogens (tertiary/aromatic N) is 4. The Morgan fingerprint density at radius 1 is 0.850 bits per heavy atom. The van der Waals surface area contributed by atoms with Crippen molar-refractivity contribution >= 4 is 23.3 Å². The highest BCUT2D eigenvalue weighted by Gasteiger charge is 2.22. The van der Waals surface area contributed by atoms with Gasteiger partial charge in [0, 0.05) is 13.1 Å². The lowest BCUT2D eigenvalue weighted by atomic mass is 10.2. The molecular formula is C12H22N8. The van der Waals surface area contributed by atoms with Gasteiger partial charge in [-0.1, -0.05) is 0 Å². The Labute approximate surface area is 118 Å². The van der Waals surface area contributed by atoms with Gasteiger partial charge in [0.2, 0.25) is 5.95 Å². The van der Waals surface area contributed by atoms with Crippen LogP contribution in [0.15, 0.2) is 0 Å². The van der Waals surface area contributed by atoms with Gasteiger partial charge in [-0.2, -0.15) is 9.97 Å². The van der Waals surface area contributed by atoms with Crippen LogP contribution in [0.25, 0.3) is 0 Å². The molecule has 8 heteroatoms. The monoisotopic (exact) mass is 278 g/mol. The minimum Gasteiger partial charge on any atom is -0.393 e. The summed E-state index contributed by atoms with van der Waals surface area (Å²) < 4.78 is 0. The lowest BCUT2D eigenvalue weighted by molar-refractivity contribution is 0.544. The molecule has 20 heavy (non-hydrogen) atoms. The first-order chi connectivity index (χ1) is 9.75. The van der Waals surface area contributed by atoms with E-state index in [0.717, 1.165) is 64.0 Å². The van der Waals surface area contributed by atoms with E-state index >= 15 is 0 Å². The second-order valence-electron chi connectivity index (χ2n) is 5.19. The van der Waals surface area contributed by atoms with Gasteiger partial charge in [-0.15, -0.1) is 0 Å². The van der Waals surface area contributed by atoms with E-state index in [1.807, 2.05) is 0 Å². The van der Waals surface area contributed by atoms with Crippen LogP contribution in [0.2, 0.25) is 0 Å². The van der Waals surface area contributed by atoms with Gasteiger partial charge in [-0.3, -0.25) is 10.6 Å². The van der Waals surface area contributed by atoms with Crippen molar-refractivity contribution in [2.75, 3.05) is 60.8 Å². The zero-order valence-electron chi connectivity index (χ0n) is 11.6. The van der Waals surface area contributed by atoms with Crippen LogP contribution in [0.5, 0.6) is 0 Å². The van der Waals surface area contributed by atoms with E-state index in [2.05, 4.69) is 30.4 Å². The summed E-state index contributed by atoms with van der Waals surface area (Å²) in [6.07, 6.45) is 2.15. The summed E-state index contributed by atoms with van der Waals surface area (Å²) in [7, 11) is 0. The number of hydrogen-bond donors (Lipinski definition) is 4. The van der Waals surface area contributed by atoms with Crippen molar-refractivity contribution in [2.24, 2.45) is 0 Å². The molecule has 1 aromatic heterocycles. The first-order valence-electron chi connectivity index (χ1n) is 7.10. The van der Waals surface area contributed by atoms with Crippen molar-refractivity contribution < 1.29 is 0 Å². The van der Waals surface area contributed by atoms with Crippen LogP contribution in [0.3, 0.4) is 0 Å². The minimum atomic E-state index is 0.278. The molecule has 0 amide bonds. The quantitative estimate of drug-likeness (QED) is 0.554. The number of nitrogen functional groups attached to an aromatic ring is 2. The number of aromatic nitrogens is 2. The van der Waals surface area contributed by atoms with E-state index in [1.165, 1.54) is 0 Å². The summed E-state index contributed by atoms with van der Waals surface area (Å²) in [4.78, 5) is 12.9. The molecule has 6 N–H and O–H groups in total. The zero-order valence-corrected chi connectivity index (χ0v) is 11.6. The van der Waals surface area contributed by atoms with Crippen LogP contribution < -0.4 is 31.9 Å². The van der Waals surface area contributed by atoms with Crippen molar-refractivity contribution in [3.63, 3.8) is 0 Å². The van der Waals surface area contributed by atoms with Crippen molar-refractivity contribution in [2.45, 2.75) is 12.8 Å². The predicted molar refractivity (Wildman–Crippen MR) is 80.5 cm³/mol. The fourth-order valence-corrected chi connectivity index (χ4v) is 2.68. The molecule has 0 unspecified atom stereocenters. The molecule has 8 nitrogen and oxygen atoms in total. The van der Waals surface area contributed by atoms with Crippen molar-refractivity contribution in [3.05, 3.63) is 0 Å². The molecule has 0 spiro atoms. The molecule has 1 aromatic rings. The molecule has 0 saturated carbocycles. The second kappa shape index (κ2) is 5.68. The number of hydrogen-bond acceptors (Lipinski definition) is 8. The highest BCUT2D eigenvalue weighted by molar-refractivity contribution is 5.77. The molecule has 2 aliphatic rings. The molecule has 3 rings (SSSR count). The Morgan fingerprint density at radius 2 is 1.35 bits per heavy atom. The van der Waals surface area contributed by atoms with Gasteiger partial charge in [0.15, 0.2) is 11.6 Å². The molecule has 0 bridgehead atoms. The van der Waals surface area contributed by atoms with E-state index in [-0.39, 0.29) is 5.95 Å². The van der Waals surface area contributed by atoms with E-state index in [0.29, 0.717) is 5.69 Å². The lowest BCUT2D eigenvalue weighted by Crippen LogP contribution is -2.44. The maximum atomic E-state index is 6.29. The normalized spacial score (nSPS) is 20.2. The Kier molecular flexibility index (Phi) is 3.75. The van der Waals surface area contributed by atoms with Crippen LogP contribution in [-0.4, -0.2) is 49.5 Å². The zero-order chi connectivity index (χ0) is 13.9. The molecule has 0 aliphatic carbocycles. The number of rotatable bonds is 2. The predicted octanol–water partition coefficient (Wildman–Crippen LogP) is -0.845. The van der Waals surface area contributed by atoms with E-state index < -0.39 is 0 Å². The largest absolute Gasteiger partial charge is 0.393 e. The van der Waals surface area contributed by atoms with E-state index in [4.69, 9.17) is 11.5 Å². The molecule has 110 valence electrons. The van der Waals surface area contributed by atoms with Gasteiger partial charge in [-0.05, 0) is 25.9 Å². The summed E-state index contributed by atoms with van der Waals surface area (Å²) in [5.74, 6) is 1.76. The van der Waals surface area contributed by atoms with Crippen molar-refractivity contribution in [1.29, 1.82) is 0 Å². The van der Waals surface area contributed by atoms with Gasteiger partial charge < -0.3 is 21.3 Å². The minimum absolute atomic E-state index is 0.278. The molecule has 0 aromatic carbocycles. The van der Waals surface area contributed by atoms with Crippen molar-refractivity contribution in [1.82, 2.24) is 20.6 Å². The van der Waals surface area contributed by atoms with Crippen LogP contribution in [0.1, 0.15) is 12.8 Å². The fourth-order valence-electron chi connectivity index (χ4n) is 2.68. The third kappa shape index (κ3) is 2.56. The highest BCUT2D eigenvalue weighted by atomic mass is 15.3. The maximum Gasteiger partial charge on any atom is 0.224 e. The SMILES string of the molecule is Nc1nc(N2CCCNC2)c(N)c(N2CCCNC2)n1. The van der Waals surface area contributed by atoms with Crippen molar-refractivity contribution in [3.8, 4) is 0 Å². The molecule has 0 radical (unpaired) electrons. The Bertz CT molecular complexity index is 426. The number of anilines is 4. The molecule has 2 aliphatic heterocycles. The highest BCUT2D eigenvalue weighted by Crippen LogP contribution is 2.31.